The second kappa shape index (κ2) is 7.88. The standard InChI is InChI=1S/C23H23F3N4O2S/c1-29-16(11-20(28-29)23(24,25)26)18-4-5-19(33-18)21(31)30-8-6-22(7-9-30)13-32-17-3-2-14(12-27)10-15(17)22/h2-5,10-11H,6-9,12-13,27H2,1H3. The van der Waals surface area contributed by atoms with Crippen molar-refractivity contribution in [3.8, 4) is 16.3 Å². The van der Waals surface area contributed by atoms with E-state index in [0.717, 1.165) is 30.2 Å². The summed E-state index contributed by atoms with van der Waals surface area (Å²) in [7, 11) is 1.47. The third-order valence-corrected chi connectivity index (χ3v) is 7.70. The number of carbonyl (C=O) groups excluding carboxylic acids is 1. The Kier molecular flexibility index (Phi) is 5.24. The second-order valence-electron chi connectivity index (χ2n) is 8.60. The van der Waals surface area contributed by atoms with E-state index in [1.165, 1.54) is 28.6 Å². The quantitative estimate of drug-likeness (QED) is 0.615. The van der Waals surface area contributed by atoms with Crippen LogP contribution in [0.25, 0.3) is 10.6 Å². The number of rotatable bonds is 3. The fourth-order valence-electron chi connectivity index (χ4n) is 4.67. The number of amides is 1. The molecule has 0 unspecified atom stereocenters. The van der Waals surface area contributed by atoms with E-state index < -0.39 is 11.9 Å². The van der Waals surface area contributed by atoms with Crippen LogP contribution in [0.4, 0.5) is 13.2 Å². The fourth-order valence-corrected chi connectivity index (χ4v) is 5.69. The molecule has 1 aromatic carbocycles. The van der Waals surface area contributed by atoms with Gasteiger partial charge in [0.15, 0.2) is 5.69 Å². The van der Waals surface area contributed by atoms with E-state index in [1.807, 2.05) is 17.0 Å². The monoisotopic (exact) mass is 476 g/mol. The van der Waals surface area contributed by atoms with Gasteiger partial charge in [-0.05, 0) is 42.7 Å². The molecule has 33 heavy (non-hydrogen) atoms. The van der Waals surface area contributed by atoms with Gasteiger partial charge in [0.25, 0.3) is 5.91 Å². The number of benzene rings is 1. The van der Waals surface area contributed by atoms with Crippen LogP contribution in [0.1, 0.15) is 39.3 Å². The highest BCUT2D eigenvalue weighted by Crippen LogP contribution is 2.46. The molecule has 0 aliphatic carbocycles. The highest BCUT2D eigenvalue weighted by Gasteiger charge is 2.44. The Labute approximate surface area is 192 Å². The first-order chi connectivity index (χ1) is 15.7. The van der Waals surface area contributed by atoms with Crippen LogP contribution < -0.4 is 10.5 Å². The number of fused-ring (bicyclic) bond motifs is 2. The van der Waals surface area contributed by atoms with Crippen molar-refractivity contribution < 1.29 is 22.7 Å². The summed E-state index contributed by atoms with van der Waals surface area (Å²) in [6, 6.07) is 10.4. The van der Waals surface area contributed by atoms with Crippen molar-refractivity contribution in [3.05, 3.63) is 58.1 Å². The molecule has 4 heterocycles. The minimum Gasteiger partial charge on any atom is -0.492 e. The van der Waals surface area contributed by atoms with Crippen LogP contribution in [0.2, 0.25) is 0 Å². The molecule has 1 spiro atoms. The Morgan fingerprint density at radius 2 is 1.97 bits per heavy atom. The van der Waals surface area contributed by atoms with Crippen LogP contribution >= 0.6 is 11.3 Å². The maximum Gasteiger partial charge on any atom is 0.435 e. The van der Waals surface area contributed by atoms with Crippen LogP contribution in [0.15, 0.2) is 36.4 Å². The maximum atomic E-state index is 13.1. The van der Waals surface area contributed by atoms with Gasteiger partial charge in [-0.3, -0.25) is 9.48 Å². The molecule has 174 valence electrons. The molecule has 2 aromatic heterocycles. The van der Waals surface area contributed by atoms with Crippen molar-refractivity contribution in [2.45, 2.75) is 31.0 Å². The molecule has 2 aliphatic heterocycles. The number of alkyl halides is 3. The SMILES string of the molecule is Cn1nc(C(F)(F)F)cc1-c1ccc(C(=O)N2CCC3(CC2)COc2ccc(CN)cc23)s1. The summed E-state index contributed by atoms with van der Waals surface area (Å²) in [5.41, 5.74) is 7.32. The molecule has 1 saturated heterocycles. The number of carbonyl (C=O) groups is 1. The minimum atomic E-state index is -4.51. The summed E-state index contributed by atoms with van der Waals surface area (Å²) in [5.74, 6) is 0.790. The van der Waals surface area contributed by atoms with Gasteiger partial charge in [0.05, 0.1) is 22.1 Å². The van der Waals surface area contributed by atoms with Crippen molar-refractivity contribution in [1.29, 1.82) is 0 Å². The molecule has 0 radical (unpaired) electrons. The van der Waals surface area contributed by atoms with Gasteiger partial charge in [-0.1, -0.05) is 12.1 Å². The van der Waals surface area contributed by atoms with Crippen molar-refractivity contribution in [2.24, 2.45) is 12.8 Å². The number of ether oxygens (including phenoxy) is 1. The first kappa shape index (κ1) is 22.0. The number of hydrogen-bond acceptors (Lipinski definition) is 5. The van der Waals surface area contributed by atoms with E-state index in [2.05, 4.69) is 11.2 Å². The molecule has 3 aromatic rings. The normalized spacial score (nSPS) is 17.3. The first-order valence-electron chi connectivity index (χ1n) is 10.7. The van der Waals surface area contributed by atoms with E-state index in [4.69, 9.17) is 10.5 Å². The lowest BCUT2D eigenvalue weighted by Crippen LogP contribution is -2.45. The predicted octanol–water partition coefficient (Wildman–Crippen LogP) is 4.19. The minimum absolute atomic E-state index is 0.103. The van der Waals surface area contributed by atoms with Gasteiger partial charge in [-0.15, -0.1) is 11.3 Å². The summed E-state index contributed by atoms with van der Waals surface area (Å²) in [4.78, 5) is 16.0. The highest BCUT2D eigenvalue weighted by molar-refractivity contribution is 7.17. The number of piperidine rings is 1. The molecule has 0 saturated carbocycles. The molecule has 2 N–H and O–H groups in total. The number of nitrogens with zero attached hydrogens (tertiary/aromatic N) is 3. The molecular formula is C23H23F3N4O2S. The lowest BCUT2D eigenvalue weighted by Gasteiger charge is -2.38. The van der Waals surface area contributed by atoms with Gasteiger partial charge in [0.2, 0.25) is 0 Å². The van der Waals surface area contributed by atoms with E-state index in [0.29, 0.717) is 41.7 Å². The van der Waals surface area contributed by atoms with Crippen molar-refractivity contribution in [2.75, 3.05) is 19.7 Å². The smallest absolute Gasteiger partial charge is 0.435 e. The number of hydrogen-bond donors (Lipinski definition) is 1. The Morgan fingerprint density at radius 1 is 1.21 bits per heavy atom. The van der Waals surface area contributed by atoms with Gasteiger partial charge < -0.3 is 15.4 Å². The molecule has 1 fully saturated rings. The van der Waals surface area contributed by atoms with E-state index >= 15 is 0 Å². The van der Waals surface area contributed by atoms with Crippen molar-refractivity contribution in [1.82, 2.24) is 14.7 Å². The first-order valence-corrected chi connectivity index (χ1v) is 11.5. The van der Waals surface area contributed by atoms with Crippen LogP contribution in [0, 0.1) is 0 Å². The predicted molar refractivity (Wildman–Crippen MR) is 118 cm³/mol. The number of aromatic nitrogens is 2. The largest absolute Gasteiger partial charge is 0.492 e. The number of thiophene rings is 1. The van der Waals surface area contributed by atoms with Crippen molar-refractivity contribution in [3.63, 3.8) is 0 Å². The Morgan fingerprint density at radius 3 is 2.64 bits per heavy atom. The number of nitrogens with two attached hydrogens (primary N) is 1. The summed E-state index contributed by atoms with van der Waals surface area (Å²) in [5, 5.41) is 3.56. The van der Waals surface area contributed by atoms with Crippen LogP contribution in [-0.4, -0.2) is 40.3 Å². The zero-order valence-corrected chi connectivity index (χ0v) is 18.8. The maximum absolute atomic E-state index is 13.1. The van der Waals surface area contributed by atoms with E-state index in [9.17, 15) is 18.0 Å². The average molecular weight is 477 g/mol. The number of aryl methyl sites for hydroxylation is 1. The third kappa shape index (κ3) is 3.80. The lowest BCUT2D eigenvalue weighted by molar-refractivity contribution is -0.141. The zero-order valence-electron chi connectivity index (χ0n) is 18.0. The highest BCUT2D eigenvalue weighted by atomic mass is 32.1. The van der Waals surface area contributed by atoms with Crippen LogP contribution in [-0.2, 0) is 25.2 Å². The lowest BCUT2D eigenvalue weighted by atomic mass is 9.74. The fraction of sp³-hybridized carbons (Fsp3) is 0.391. The third-order valence-electron chi connectivity index (χ3n) is 6.60. The van der Waals surface area contributed by atoms with Gasteiger partial charge in [0, 0.05) is 37.7 Å². The van der Waals surface area contributed by atoms with E-state index in [-0.39, 0.29) is 11.3 Å². The Balaban J connectivity index is 1.31. The summed E-state index contributed by atoms with van der Waals surface area (Å²) in [6.45, 7) is 2.25. The summed E-state index contributed by atoms with van der Waals surface area (Å²) >= 11 is 1.19. The van der Waals surface area contributed by atoms with Gasteiger partial charge in [0.1, 0.15) is 5.75 Å². The van der Waals surface area contributed by atoms with Crippen molar-refractivity contribution >= 4 is 17.2 Å². The Bertz CT molecular complexity index is 1210. The topological polar surface area (TPSA) is 73.4 Å². The molecule has 10 heteroatoms. The zero-order chi connectivity index (χ0) is 23.4. The molecule has 1 amide bonds. The van der Waals surface area contributed by atoms with Gasteiger partial charge >= 0.3 is 6.18 Å². The summed E-state index contributed by atoms with van der Waals surface area (Å²) < 4.78 is 46.1. The molecule has 5 rings (SSSR count). The molecule has 2 aliphatic rings. The van der Waals surface area contributed by atoms with E-state index in [1.54, 1.807) is 12.1 Å². The van der Waals surface area contributed by atoms with Crippen LogP contribution in [0.5, 0.6) is 5.75 Å². The molecule has 6 nitrogen and oxygen atoms in total. The molecular weight excluding hydrogens is 453 g/mol. The molecule has 0 atom stereocenters. The molecule has 0 bridgehead atoms. The number of halogens is 3. The average Bonchev–Trinajstić information content (AvgIpc) is 3.51. The van der Waals surface area contributed by atoms with Gasteiger partial charge in [-0.2, -0.15) is 18.3 Å². The second-order valence-corrected chi connectivity index (χ2v) is 9.68. The summed E-state index contributed by atoms with van der Waals surface area (Å²) in [6.07, 6.45) is -2.94. The Hall–Kier alpha value is -2.85. The van der Waals surface area contributed by atoms with Crippen LogP contribution in [0.3, 0.4) is 0 Å². The van der Waals surface area contributed by atoms with Gasteiger partial charge in [-0.25, -0.2) is 0 Å². The number of likely N-dealkylation sites (tertiary alicyclic amines) is 1.